The van der Waals surface area contributed by atoms with Gasteiger partial charge in [0.05, 0.1) is 24.3 Å². The Hall–Kier alpha value is -1.55. The van der Waals surface area contributed by atoms with Gasteiger partial charge in [0.25, 0.3) is 0 Å². The summed E-state index contributed by atoms with van der Waals surface area (Å²) in [6.07, 6.45) is 13.7. The van der Waals surface area contributed by atoms with Crippen LogP contribution >= 0.6 is 11.6 Å². The normalized spacial score (nSPS) is 18.7. The zero-order valence-electron chi connectivity index (χ0n) is 18.4. The molecule has 1 aromatic rings. The van der Waals surface area contributed by atoms with E-state index in [1.54, 1.807) is 24.3 Å². The Morgan fingerprint density at radius 3 is 2.07 bits per heavy atom. The van der Waals surface area contributed by atoms with Crippen LogP contribution in [0.25, 0.3) is 0 Å². The number of carbonyl (C=O) groups excluding carboxylic acids is 2. The molecule has 1 aliphatic carbocycles. The Morgan fingerprint density at radius 2 is 1.43 bits per heavy atom. The number of benzene rings is 1. The van der Waals surface area contributed by atoms with Crippen LogP contribution in [-0.4, -0.2) is 30.5 Å². The van der Waals surface area contributed by atoms with Crippen molar-refractivity contribution in [3.63, 3.8) is 0 Å². The van der Waals surface area contributed by atoms with Gasteiger partial charge in [0.2, 0.25) is 0 Å². The standard InChI is InChI=1S/C25H37ClO4/c1-2-3-4-5-6-7-8-13-18-29-24(27)21-15-10-11-16-22(21)25(28)30-19-20-14-9-12-17-23(20)26/h10-11,15-16,20,23H,2-9,12-14,17-19H2,1H3. The Labute approximate surface area is 186 Å². The molecular weight excluding hydrogens is 400 g/mol. The third-order valence-electron chi connectivity index (χ3n) is 5.84. The van der Waals surface area contributed by atoms with E-state index in [4.69, 9.17) is 21.1 Å². The first kappa shape index (κ1) is 24.7. The van der Waals surface area contributed by atoms with Crippen LogP contribution in [-0.2, 0) is 9.47 Å². The minimum Gasteiger partial charge on any atom is -0.462 e. The maximum absolute atomic E-state index is 12.6. The molecule has 0 radical (unpaired) electrons. The molecule has 4 nitrogen and oxygen atoms in total. The number of alkyl halides is 1. The van der Waals surface area contributed by atoms with Crippen molar-refractivity contribution in [2.45, 2.75) is 89.4 Å². The molecule has 0 spiro atoms. The highest BCUT2D eigenvalue weighted by Gasteiger charge is 2.26. The predicted molar refractivity (Wildman–Crippen MR) is 121 cm³/mol. The van der Waals surface area contributed by atoms with Crippen molar-refractivity contribution >= 4 is 23.5 Å². The van der Waals surface area contributed by atoms with Gasteiger partial charge in [-0.2, -0.15) is 0 Å². The summed E-state index contributed by atoms with van der Waals surface area (Å²) in [5, 5.41) is 0.0541. The molecule has 0 bridgehead atoms. The van der Waals surface area contributed by atoms with Crippen LogP contribution in [0.2, 0.25) is 0 Å². The molecule has 0 aromatic heterocycles. The molecule has 1 aliphatic rings. The van der Waals surface area contributed by atoms with Crippen molar-refractivity contribution in [1.29, 1.82) is 0 Å². The van der Waals surface area contributed by atoms with E-state index in [2.05, 4.69) is 6.92 Å². The minimum absolute atomic E-state index is 0.0541. The topological polar surface area (TPSA) is 52.6 Å². The summed E-state index contributed by atoms with van der Waals surface area (Å²) < 4.78 is 10.9. The van der Waals surface area contributed by atoms with Gasteiger partial charge in [-0.3, -0.25) is 0 Å². The summed E-state index contributed by atoms with van der Waals surface area (Å²) in [6, 6.07) is 6.71. The fraction of sp³-hybridized carbons (Fsp3) is 0.680. The van der Waals surface area contributed by atoms with Crippen LogP contribution in [0.5, 0.6) is 0 Å². The van der Waals surface area contributed by atoms with Crippen molar-refractivity contribution < 1.29 is 19.1 Å². The van der Waals surface area contributed by atoms with Crippen molar-refractivity contribution in [1.82, 2.24) is 0 Å². The molecule has 0 amide bonds. The quantitative estimate of drug-likeness (QED) is 0.191. The molecule has 1 fully saturated rings. The first-order valence-electron chi connectivity index (χ1n) is 11.7. The molecule has 168 valence electrons. The number of halogens is 1. The molecule has 30 heavy (non-hydrogen) atoms. The van der Waals surface area contributed by atoms with Gasteiger partial charge in [0.15, 0.2) is 0 Å². The summed E-state index contributed by atoms with van der Waals surface area (Å²) in [5.74, 6) is -0.757. The zero-order valence-corrected chi connectivity index (χ0v) is 19.1. The smallest absolute Gasteiger partial charge is 0.339 e. The molecular formula is C25H37ClO4. The van der Waals surface area contributed by atoms with E-state index in [0.29, 0.717) is 13.2 Å². The second kappa shape index (κ2) is 14.5. The van der Waals surface area contributed by atoms with E-state index < -0.39 is 11.9 Å². The lowest BCUT2D eigenvalue weighted by atomic mass is 9.89. The lowest BCUT2D eigenvalue weighted by molar-refractivity contribution is 0.0393. The van der Waals surface area contributed by atoms with Crippen LogP contribution in [0.15, 0.2) is 24.3 Å². The van der Waals surface area contributed by atoms with E-state index in [1.807, 2.05) is 0 Å². The number of unbranched alkanes of at least 4 members (excludes halogenated alkanes) is 7. The molecule has 2 rings (SSSR count). The van der Waals surface area contributed by atoms with Crippen LogP contribution in [0.4, 0.5) is 0 Å². The summed E-state index contributed by atoms with van der Waals surface area (Å²) in [7, 11) is 0. The van der Waals surface area contributed by atoms with Crippen LogP contribution in [0.1, 0.15) is 105 Å². The molecule has 0 N–H and O–H groups in total. The zero-order chi connectivity index (χ0) is 21.6. The summed E-state index contributed by atoms with van der Waals surface area (Å²) in [4.78, 5) is 25.1. The first-order valence-corrected chi connectivity index (χ1v) is 12.1. The van der Waals surface area contributed by atoms with Crippen LogP contribution in [0.3, 0.4) is 0 Å². The number of carbonyl (C=O) groups is 2. The van der Waals surface area contributed by atoms with Gasteiger partial charge in [0.1, 0.15) is 0 Å². The number of rotatable bonds is 13. The van der Waals surface area contributed by atoms with E-state index >= 15 is 0 Å². The third-order valence-corrected chi connectivity index (χ3v) is 6.42. The SMILES string of the molecule is CCCCCCCCCCOC(=O)c1ccccc1C(=O)OCC1CCCCC1Cl. The average molecular weight is 437 g/mol. The monoisotopic (exact) mass is 436 g/mol. The maximum atomic E-state index is 12.6. The predicted octanol–water partition coefficient (Wildman–Crippen LogP) is 6.94. The maximum Gasteiger partial charge on any atom is 0.339 e. The summed E-state index contributed by atoms with van der Waals surface area (Å²) >= 11 is 6.35. The molecule has 5 heteroatoms. The Morgan fingerprint density at radius 1 is 0.867 bits per heavy atom. The van der Waals surface area contributed by atoms with Crippen LogP contribution < -0.4 is 0 Å². The largest absolute Gasteiger partial charge is 0.462 e. The van der Waals surface area contributed by atoms with Gasteiger partial charge in [-0.1, -0.05) is 76.8 Å². The van der Waals surface area contributed by atoms with Crippen molar-refractivity contribution in [3.8, 4) is 0 Å². The average Bonchev–Trinajstić information content (AvgIpc) is 2.77. The molecule has 2 atom stereocenters. The highest BCUT2D eigenvalue weighted by molar-refractivity contribution is 6.20. The fourth-order valence-electron chi connectivity index (χ4n) is 3.93. The minimum atomic E-state index is -0.482. The Kier molecular flexibility index (Phi) is 11.9. The number of esters is 2. The summed E-state index contributed by atoms with van der Waals surface area (Å²) in [5.41, 5.74) is 0.536. The van der Waals surface area contributed by atoms with Crippen molar-refractivity contribution in [2.75, 3.05) is 13.2 Å². The fourth-order valence-corrected chi connectivity index (χ4v) is 4.28. The molecule has 0 heterocycles. The van der Waals surface area contributed by atoms with Gasteiger partial charge in [-0.05, 0) is 31.4 Å². The van der Waals surface area contributed by atoms with Crippen molar-refractivity contribution in [2.24, 2.45) is 5.92 Å². The Bertz CT molecular complexity index is 646. The van der Waals surface area contributed by atoms with E-state index in [0.717, 1.165) is 38.5 Å². The molecule has 1 saturated carbocycles. The Balaban J connectivity index is 1.73. The van der Waals surface area contributed by atoms with Gasteiger partial charge < -0.3 is 9.47 Å². The second-order valence-corrected chi connectivity index (χ2v) is 8.88. The van der Waals surface area contributed by atoms with Crippen molar-refractivity contribution in [3.05, 3.63) is 35.4 Å². The van der Waals surface area contributed by atoms with Gasteiger partial charge in [-0.25, -0.2) is 9.59 Å². The lowest BCUT2D eigenvalue weighted by Gasteiger charge is -2.26. The van der Waals surface area contributed by atoms with E-state index in [9.17, 15) is 9.59 Å². The third kappa shape index (κ3) is 8.67. The summed E-state index contributed by atoms with van der Waals surface area (Å²) in [6.45, 7) is 2.90. The second-order valence-electron chi connectivity index (χ2n) is 8.32. The van der Waals surface area contributed by atoms with E-state index in [1.165, 1.54) is 38.5 Å². The highest BCUT2D eigenvalue weighted by Crippen LogP contribution is 2.29. The molecule has 0 aliphatic heterocycles. The van der Waals surface area contributed by atoms with Gasteiger partial charge in [-0.15, -0.1) is 11.6 Å². The number of hydrogen-bond donors (Lipinski definition) is 0. The lowest BCUT2D eigenvalue weighted by Crippen LogP contribution is -2.26. The number of ether oxygens (including phenoxy) is 2. The number of hydrogen-bond acceptors (Lipinski definition) is 4. The highest BCUT2D eigenvalue weighted by atomic mass is 35.5. The van der Waals surface area contributed by atoms with Crippen LogP contribution in [0, 0.1) is 5.92 Å². The first-order chi connectivity index (χ1) is 14.6. The van der Waals surface area contributed by atoms with Gasteiger partial charge in [0, 0.05) is 11.3 Å². The molecule has 1 aromatic carbocycles. The molecule has 0 saturated heterocycles. The van der Waals surface area contributed by atoms with E-state index in [-0.39, 0.29) is 22.4 Å². The molecule has 2 unspecified atom stereocenters. The van der Waals surface area contributed by atoms with Gasteiger partial charge >= 0.3 is 11.9 Å².